The number of aromatic nitrogens is 3. The molecule has 0 aromatic carbocycles. The molecule has 0 unspecified atom stereocenters. The predicted octanol–water partition coefficient (Wildman–Crippen LogP) is 2.00. The first-order valence-electron chi connectivity index (χ1n) is 3.59. The van der Waals surface area contributed by atoms with E-state index in [1.54, 1.807) is 6.20 Å². The van der Waals surface area contributed by atoms with E-state index in [9.17, 15) is 0 Å². The maximum Gasteiger partial charge on any atom is 0.129 e. The molecule has 0 spiro atoms. The van der Waals surface area contributed by atoms with E-state index in [-0.39, 0.29) is 0 Å². The highest BCUT2D eigenvalue weighted by atomic mass is 32.1. The van der Waals surface area contributed by atoms with E-state index in [2.05, 4.69) is 15.2 Å². The molecule has 0 saturated heterocycles. The molecule has 0 amide bonds. The van der Waals surface area contributed by atoms with Gasteiger partial charge in [0.05, 0.1) is 11.2 Å². The molecule has 0 bridgehead atoms. The molecule has 0 aliphatic heterocycles. The van der Waals surface area contributed by atoms with Gasteiger partial charge >= 0.3 is 0 Å². The summed E-state index contributed by atoms with van der Waals surface area (Å²) in [5, 5.41) is 7.74. The van der Waals surface area contributed by atoms with Gasteiger partial charge in [-0.15, -0.1) is 0 Å². The smallest absolute Gasteiger partial charge is 0.129 e. The average Bonchev–Trinajstić information content (AvgIpc) is 2.12. The van der Waals surface area contributed by atoms with E-state index in [0.717, 1.165) is 16.6 Å². The lowest BCUT2D eigenvalue weighted by Crippen LogP contribution is -1.91. The Hall–Kier alpha value is -1.29. The predicted molar refractivity (Wildman–Crippen MR) is 49.5 cm³/mol. The van der Waals surface area contributed by atoms with Gasteiger partial charge in [0.15, 0.2) is 0 Å². The SMILES string of the molecule is Cc1n[nH]c(=S)c2cccnc12. The maximum absolute atomic E-state index is 5.06. The number of nitrogens with one attached hydrogen (secondary N) is 1. The Morgan fingerprint density at radius 3 is 3.08 bits per heavy atom. The molecule has 0 atom stereocenters. The summed E-state index contributed by atoms with van der Waals surface area (Å²) in [5.74, 6) is 0. The van der Waals surface area contributed by atoms with Crippen LogP contribution in [0.3, 0.4) is 0 Å². The summed E-state index contributed by atoms with van der Waals surface area (Å²) in [5.41, 5.74) is 1.75. The summed E-state index contributed by atoms with van der Waals surface area (Å²) >= 11 is 5.06. The maximum atomic E-state index is 5.06. The topological polar surface area (TPSA) is 41.6 Å². The fourth-order valence-electron chi connectivity index (χ4n) is 1.12. The summed E-state index contributed by atoms with van der Waals surface area (Å²) in [4.78, 5) is 4.19. The number of H-pyrrole nitrogens is 1. The minimum Gasteiger partial charge on any atom is -0.267 e. The Morgan fingerprint density at radius 1 is 1.50 bits per heavy atom. The number of nitrogens with zero attached hydrogens (tertiary/aromatic N) is 2. The summed E-state index contributed by atoms with van der Waals surface area (Å²) < 4.78 is 0.642. The van der Waals surface area contributed by atoms with Crippen LogP contribution in [0.5, 0.6) is 0 Å². The Labute approximate surface area is 74.5 Å². The van der Waals surface area contributed by atoms with Crippen molar-refractivity contribution < 1.29 is 0 Å². The van der Waals surface area contributed by atoms with E-state index in [4.69, 9.17) is 12.2 Å². The molecule has 0 aliphatic carbocycles. The molecule has 4 heteroatoms. The monoisotopic (exact) mass is 177 g/mol. The number of hydrogen-bond acceptors (Lipinski definition) is 3. The van der Waals surface area contributed by atoms with Crippen LogP contribution in [-0.4, -0.2) is 15.2 Å². The fraction of sp³-hybridized carbons (Fsp3) is 0.125. The van der Waals surface area contributed by atoms with Crippen molar-refractivity contribution in [3.8, 4) is 0 Å². The molecule has 2 aromatic rings. The largest absolute Gasteiger partial charge is 0.267 e. The minimum absolute atomic E-state index is 0.642. The minimum atomic E-state index is 0.642. The second-order valence-corrected chi connectivity index (χ2v) is 2.95. The highest BCUT2D eigenvalue weighted by molar-refractivity contribution is 7.71. The fourth-order valence-corrected chi connectivity index (χ4v) is 1.34. The number of rotatable bonds is 0. The van der Waals surface area contributed by atoms with Crippen LogP contribution in [0, 0.1) is 11.6 Å². The van der Waals surface area contributed by atoms with Gasteiger partial charge in [0.25, 0.3) is 0 Å². The van der Waals surface area contributed by atoms with Crippen LogP contribution in [0.25, 0.3) is 10.9 Å². The molecule has 0 radical (unpaired) electrons. The van der Waals surface area contributed by atoms with Crippen molar-refractivity contribution in [2.24, 2.45) is 0 Å². The van der Waals surface area contributed by atoms with Gasteiger partial charge in [0.1, 0.15) is 4.64 Å². The van der Waals surface area contributed by atoms with Crippen molar-refractivity contribution in [1.29, 1.82) is 0 Å². The van der Waals surface area contributed by atoms with Crippen molar-refractivity contribution in [2.45, 2.75) is 6.92 Å². The molecular weight excluding hydrogens is 170 g/mol. The van der Waals surface area contributed by atoms with Crippen molar-refractivity contribution in [3.63, 3.8) is 0 Å². The zero-order valence-electron chi connectivity index (χ0n) is 6.53. The standard InChI is InChI=1S/C8H7N3S/c1-5-7-6(3-2-4-9-7)8(12)11-10-5/h2-4H,1H3,(H,11,12). The molecule has 2 rings (SSSR count). The Kier molecular flexibility index (Phi) is 1.62. The lowest BCUT2D eigenvalue weighted by molar-refractivity contribution is 0.983. The molecule has 0 aliphatic rings. The zero-order valence-corrected chi connectivity index (χ0v) is 7.35. The number of hydrogen-bond donors (Lipinski definition) is 1. The highest BCUT2D eigenvalue weighted by Gasteiger charge is 1.98. The molecule has 3 nitrogen and oxygen atoms in total. The first-order chi connectivity index (χ1) is 5.79. The molecule has 2 aromatic heterocycles. The van der Waals surface area contributed by atoms with Gasteiger partial charge in [0, 0.05) is 11.6 Å². The first-order valence-corrected chi connectivity index (χ1v) is 4.00. The van der Waals surface area contributed by atoms with Crippen LogP contribution in [0.1, 0.15) is 5.69 Å². The van der Waals surface area contributed by atoms with E-state index in [1.165, 1.54) is 0 Å². The van der Waals surface area contributed by atoms with E-state index >= 15 is 0 Å². The Morgan fingerprint density at radius 2 is 2.33 bits per heavy atom. The second-order valence-electron chi connectivity index (χ2n) is 2.54. The molecule has 2 heterocycles. The number of pyridine rings is 1. The van der Waals surface area contributed by atoms with Crippen LogP contribution in [-0.2, 0) is 0 Å². The lowest BCUT2D eigenvalue weighted by Gasteiger charge is -1.97. The normalized spacial score (nSPS) is 10.4. The van der Waals surface area contributed by atoms with E-state index in [1.807, 2.05) is 19.1 Å². The summed E-state index contributed by atoms with van der Waals surface area (Å²) in [7, 11) is 0. The summed E-state index contributed by atoms with van der Waals surface area (Å²) in [6, 6.07) is 3.81. The molecule has 0 fully saturated rings. The van der Waals surface area contributed by atoms with Crippen LogP contribution in [0.15, 0.2) is 18.3 Å². The molecule has 1 N–H and O–H groups in total. The molecular formula is C8H7N3S. The van der Waals surface area contributed by atoms with Gasteiger partial charge in [-0.25, -0.2) is 0 Å². The van der Waals surface area contributed by atoms with Crippen molar-refractivity contribution in [3.05, 3.63) is 28.7 Å². The van der Waals surface area contributed by atoms with Crippen LogP contribution in [0.2, 0.25) is 0 Å². The number of fused-ring (bicyclic) bond motifs is 1. The van der Waals surface area contributed by atoms with Crippen molar-refractivity contribution in [2.75, 3.05) is 0 Å². The summed E-state index contributed by atoms with van der Waals surface area (Å²) in [6.45, 7) is 1.90. The molecule has 0 saturated carbocycles. The van der Waals surface area contributed by atoms with E-state index in [0.29, 0.717) is 4.64 Å². The van der Waals surface area contributed by atoms with Crippen LogP contribution in [0.4, 0.5) is 0 Å². The van der Waals surface area contributed by atoms with Gasteiger partial charge < -0.3 is 0 Å². The number of aromatic amines is 1. The third kappa shape index (κ3) is 1.00. The average molecular weight is 177 g/mol. The van der Waals surface area contributed by atoms with Gasteiger partial charge in [0.2, 0.25) is 0 Å². The quantitative estimate of drug-likeness (QED) is 0.626. The Balaban J connectivity index is 3.05. The first kappa shape index (κ1) is 7.36. The molecule has 12 heavy (non-hydrogen) atoms. The van der Waals surface area contributed by atoms with Crippen LogP contribution < -0.4 is 0 Å². The highest BCUT2D eigenvalue weighted by Crippen LogP contribution is 2.12. The number of aryl methyl sites for hydroxylation is 1. The van der Waals surface area contributed by atoms with Gasteiger partial charge in [-0.3, -0.25) is 10.1 Å². The van der Waals surface area contributed by atoms with Gasteiger partial charge in [-0.1, -0.05) is 12.2 Å². The van der Waals surface area contributed by atoms with Gasteiger partial charge in [-0.2, -0.15) is 5.10 Å². The third-order valence-corrected chi connectivity index (χ3v) is 2.03. The van der Waals surface area contributed by atoms with Gasteiger partial charge in [-0.05, 0) is 19.1 Å². The van der Waals surface area contributed by atoms with Crippen LogP contribution >= 0.6 is 12.2 Å². The van der Waals surface area contributed by atoms with E-state index < -0.39 is 0 Å². The Bertz CT molecular complexity index is 475. The van der Waals surface area contributed by atoms with Crippen molar-refractivity contribution >= 4 is 23.1 Å². The molecule has 60 valence electrons. The lowest BCUT2D eigenvalue weighted by atomic mass is 10.2. The zero-order chi connectivity index (χ0) is 8.55. The van der Waals surface area contributed by atoms with Crippen molar-refractivity contribution in [1.82, 2.24) is 15.2 Å². The third-order valence-electron chi connectivity index (χ3n) is 1.72. The second kappa shape index (κ2) is 2.64. The summed E-state index contributed by atoms with van der Waals surface area (Å²) in [6.07, 6.45) is 1.74.